The van der Waals surface area contributed by atoms with E-state index in [-0.39, 0.29) is 11.7 Å². The van der Waals surface area contributed by atoms with E-state index >= 15 is 0 Å². The topological polar surface area (TPSA) is 46.2 Å². The highest BCUT2D eigenvalue weighted by molar-refractivity contribution is 6.12. The summed E-state index contributed by atoms with van der Waals surface area (Å²) in [6.45, 7) is 6.15. The lowest BCUT2D eigenvalue weighted by Gasteiger charge is -2.31. The van der Waals surface area contributed by atoms with Crippen molar-refractivity contribution in [3.05, 3.63) is 65.0 Å². The van der Waals surface area contributed by atoms with Crippen LogP contribution in [0.1, 0.15) is 62.1 Å². The smallest absolute Gasteiger partial charge is 0.123 e. The van der Waals surface area contributed by atoms with Crippen molar-refractivity contribution in [1.29, 1.82) is 0 Å². The molecule has 4 unspecified atom stereocenters. The van der Waals surface area contributed by atoms with Crippen LogP contribution in [0.3, 0.4) is 0 Å². The van der Waals surface area contributed by atoms with Crippen molar-refractivity contribution in [3.8, 4) is 0 Å². The minimum Gasteiger partial charge on any atom is -0.399 e. The number of nitrogens with two attached hydrogens (primary N) is 1. The Balaban J connectivity index is 2.65. The molecule has 4 atom stereocenters. The van der Waals surface area contributed by atoms with Gasteiger partial charge in [0, 0.05) is 11.6 Å². The number of halogens is 1. The zero-order chi connectivity index (χ0) is 18.6. The zero-order valence-corrected chi connectivity index (χ0v) is 15.2. The van der Waals surface area contributed by atoms with Crippen LogP contribution in [0, 0.1) is 5.82 Å². The Morgan fingerprint density at radius 2 is 1.80 bits per heavy atom. The lowest BCUT2D eigenvalue weighted by atomic mass is 9.70. The van der Waals surface area contributed by atoms with Crippen LogP contribution in [0.4, 0.5) is 10.1 Å². The van der Waals surface area contributed by atoms with Gasteiger partial charge in [-0.3, -0.25) is 0 Å². The Hall–Kier alpha value is -1.81. The van der Waals surface area contributed by atoms with Gasteiger partial charge in [0.1, 0.15) is 5.82 Å². The SMILES string of the molecule is [B]C(CC)C(O)C(c1cccc(N)c1)c1cc(F)ccc1C(C)CC. The highest BCUT2D eigenvalue weighted by Gasteiger charge is 2.29. The van der Waals surface area contributed by atoms with Gasteiger partial charge < -0.3 is 10.8 Å². The molecule has 2 aromatic carbocycles. The van der Waals surface area contributed by atoms with Gasteiger partial charge in [-0.2, -0.15) is 0 Å². The molecule has 0 bridgehead atoms. The van der Waals surface area contributed by atoms with Crippen molar-refractivity contribution in [2.24, 2.45) is 0 Å². The van der Waals surface area contributed by atoms with Gasteiger partial charge in [-0.1, -0.05) is 51.2 Å². The van der Waals surface area contributed by atoms with Crippen molar-refractivity contribution in [2.45, 2.75) is 57.4 Å². The lowest BCUT2D eigenvalue weighted by Crippen LogP contribution is -2.26. The largest absolute Gasteiger partial charge is 0.399 e. The van der Waals surface area contributed by atoms with E-state index in [1.54, 1.807) is 6.07 Å². The van der Waals surface area contributed by atoms with E-state index < -0.39 is 17.8 Å². The number of aliphatic hydroxyl groups is 1. The number of rotatable bonds is 7. The normalized spacial score (nSPS) is 16.2. The molecule has 0 aliphatic carbocycles. The molecule has 2 radical (unpaired) electrons. The van der Waals surface area contributed by atoms with E-state index in [2.05, 4.69) is 13.8 Å². The van der Waals surface area contributed by atoms with Crippen LogP contribution in [0.25, 0.3) is 0 Å². The van der Waals surface area contributed by atoms with Crippen molar-refractivity contribution >= 4 is 13.5 Å². The van der Waals surface area contributed by atoms with Crippen molar-refractivity contribution < 1.29 is 9.50 Å². The van der Waals surface area contributed by atoms with Crippen molar-refractivity contribution in [2.75, 3.05) is 5.73 Å². The molecule has 0 fully saturated rings. The second-order valence-corrected chi connectivity index (χ2v) is 6.79. The molecule has 3 N–H and O–H groups in total. The number of hydrogen-bond acceptors (Lipinski definition) is 2. The van der Waals surface area contributed by atoms with Crippen molar-refractivity contribution in [1.82, 2.24) is 0 Å². The van der Waals surface area contributed by atoms with Crippen LogP contribution in [-0.2, 0) is 0 Å². The molecule has 0 aromatic heterocycles. The maximum atomic E-state index is 14.1. The molecule has 0 saturated carbocycles. The summed E-state index contributed by atoms with van der Waals surface area (Å²) in [6, 6.07) is 12.2. The number of nitrogen functional groups attached to an aromatic ring is 1. The summed E-state index contributed by atoms with van der Waals surface area (Å²) in [5.41, 5.74) is 9.24. The first-order valence-electron chi connectivity index (χ1n) is 8.97. The van der Waals surface area contributed by atoms with Gasteiger partial charge in [-0.25, -0.2) is 4.39 Å². The minimum atomic E-state index is -0.823. The number of anilines is 1. The zero-order valence-electron chi connectivity index (χ0n) is 15.2. The summed E-state index contributed by atoms with van der Waals surface area (Å²) in [6.07, 6.45) is 0.739. The maximum Gasteiger partial charge on any atom is 0.123 e. The van der Waals surface area contributed by atoms with Gasteiger partial charge in [0.05, 0.1) is 14.0 Å². The summed E-state index contributed by atoms with van der Waals surface area (Å²) in [5, 5.41) is 11.0. The number of aliphatic hydroxyl groups excluding tert-OH is 1. The van der Waals surface area contributed by atoms with E-state index in [0.29, 0.717) is 12.1 Å². The molecule has 4 heteroatoms. The van der Waals surface area contributed by atoms with Crippen LogP contribution in [0.2, 0.25) is 5.82 Å². The Morgan fingerprint density at radius 1 is 1.08 bits per heavy atom. The third-order valence-electron chi connectivity index (χ3n) is 5.05. The maximum absolute atomic E-state index is 14.1. The third-order valence-corrected chi connectivity index (χ3v) is 5.05. The molecule has 2 rings (SSSR count). The lowest BCUT2D eigenvalue weighted by molar-refractivity contribution is 0.146. The molecule has 132 valence electrons. The highest BCUT2D eigenvalue weighted by Crippen LogP contribution is 2.39. The van der Waals surface area contributed by atoms with Crippen molar-refractivity contribution in [3.63, 3.8) is 0 Å². The standard InChI is InChI=1S/C21H27BFNO/c1-4-13(3)17-10-9-15(23)12-18(17)20(21(25)19(22)5-2)14-7-6-8-16(24)11-14/h6-13,19-21,25H,4-5,24H2,1-3H3. The van der Waals surface area contributed by atoms with Crippen LogP contribution in [0.5, 0.6) is 0 Å². The van der Waals surface area contributed by atoms with E-state index in [1.807, 2.05) is 31.2 Å². The Morgan fingerprint density at radius 3 is 2.40 bits per heavy atom. The van der Waals surface area contributed by atoms with Crippen LogP contribution >= 0.6 is 0 Å². The molecule has 25 heavy (non-hydrogen) atoms. The third kappa shape index (κ3) is 4.43. The summed E-state index contributed by atoms with van der Waals surface area (Å²) < 4.78 is 14.1. The fourth-order valence-electron chi connectivity index (χ4n) is 3.29. The van der Waals surface area contributed by atoms with Gasteiger partial charge in [0.15, 0.2) is 0 Å². The predicted molar refractivity (Wildman–Crippen MR) is 104 cm³/mol. The average Bonchev–Trinajstić information content (AvgIpc) is 2.60. The number of benzene rings is 2. The summed E-state index contributed by atoms with van der Waals surface area (Å²) >= 11 is 0. The fraction of sp³-hybridized carbons (Fsp3) is 0.429. The molecule has 0 aliphatic rings. The van der Waals surface area contributed by atoms with Gasteiger partial charge in [-0.05, 0) is 53.3 Å². The highest BCUT2D eigenvalue weighted by atomic mass is 19.1. The molecule has 0 amide bonds. The molecular weight excluding hydrogens is 312 g/mol. The number of hydrogen-bond donors (Lipinski definition) is 2. The molecule has 2 nitrogen and oxygen atoms in total. The second-order valence-electron chi connectivity index (χ2n) is 6.79. The summed E-state index contributed by atoms with van der Waals surface area (Å²) in [5.74, 6) is -0.880. The summed E-state index contributed by atoms with van der Waals surface area (Å²) in [4.78, 5) is 0. The van der Waals surface area contributed by atoms with Crippen LogP contribution in [0.15, 0.2) is 42.5 Å². The molecule has 2 aromatic rings. The van der Waals surface area contributed by atoms with Crippen LogP contribution in [-0.4, -0.2) is 19.1 Å². The molecule has 0 heterocycles. The first-order chi connectivity index (χ1) is 11.9. The molecular formula is C21H27BFNO. The van der Waals surface area contributed by atoms with E-state index in [9.17, 15) is 9.50 Å². The van der Waals surface area contributed by atoms with E-state index in [1.165, 1.54) is 12.1 Å². The first-order valence-corrected chi connectivity index (χ1v) is 8.97. The molecule has 0 spiro atoms. The Bertz CT molecular complexity index is 706. The fourth-order valence-corrected chi connectivity index (χ4v) is 3.29. The monoisotopic (exact) mass is 339 g/mol. The second kappa shape index (κ2) is 8.53. The van der Waals surface area contributed by atoms with E-state index in [4.69, 9.17) is 13.6 Å². The molecule has 0 aliphatic heterocycles. The average molecular weight is 339 g/mol. The Labute approximate surface area is 151 Å². The summed E-state index contributed by atoms with van der Waals surface area (Å²) in [7, 11) is 6.15. The van der Waals surface area contributed by atoms with Gasteiger partial charge in [0.25, 0.3) is 0 Å². The van der Waals surface area contributed by atoms with Gasteiger partial charge >= 0.3 is 0 Å². The molecule has 0 saturated heterocycles. The van der Waals surface area contributed by atoms with Gasteiger partial charge in [-0.15, -0.1) is 0 Å². The van der Waals surface area contributed by atoms with E-state index in [0.717, 1.165) is 23.1 Å². The minimum absolute atomic E-state index is 0.254. The predicted octanol–water partition coefficient (Wildman–Crippen LogP) is 4.78. The van der Waals surface area contributed by atoms with Crippen LogP contribution < -0.4 is 5.73 Å². The van der Waals surface area contributed by atoms with Gasteiger partial charge in [0.2, 0.25) is 0 Å². The quantitative estimate of drug-likeness (QED) is 0.563. The Kier molecular flexibility index (Phi) is 6.66. The first kappa shape index (κ1) is 19.5.